The minimum Gasteiger partial charge on any atom is -0.440 e. The van der Waals surface area contributed by atoms with Gasteiger partial charge < -0.3 is 15.5 Å². The fourth-order valence-corrected chi connectivity index (χ4v) is 2.91. The van der Waals surface area contributed by atoms with E-state index in [1.807, 2.05) is 31.2 Å². The van der Waals surface area contributed by atoms with Crippen LogP contribution in [0.25, 0.3) is 11.3 Å². The Bertz CT molecular complexity index is 653. The summed E-state index contributed by atoms with van der Waals surface area (Å²) in [5.74, 6) is 1.88. The first-order chi connectivity index (χ1) is 11.6. The molecular weight excluding hydrogens is 417 g/mol. The fraction of sp³-hybridized carbons (Fsp3) is 0.412. The highest BCUT2D eigenvalue weighted by atomic mass is 35.5. The summed E-state index contributed by atoms with van der Waals surface area (Å²) in [7, 11) is 0. The van der Waals surface area contributed by atoms with Gasteiger partial charge in [0.05, 0.1) is 17.2 Å². The lowest BCUT2D eigenvalue weighted by Crippen LogP contribution is -2.31. The summed E-state index contributed by atoms with van der Waals surface area (Å²) in [5.41, 5.74) is 6.35. The van der Waals surface area contributed by atoms with Crippen LogP contribution in [0.4, 0.5) is 0 Å². The maximum atomic E-state index is 12.0. The van der Waals surface area contributed by atoms with Gasteiger partial charge in [-0.1, -0.05) is 11.6 Å². The molecule has 0 spiro atoms. The lowest BCUT2D eigenvalue weighted by molar-refractivity contribution is -0.120. The molecule has 26 heavy (non-hydrogen) atoms. The Balaban J connectivity index is 0.00000312. The molecule has 0 saturated heterocycles. The molecule has 0 aliphatic rings. The Kier molecular flexibility index (Phi) is 12.8. The molecule has 1 aromatic heterocycles. The molecule has 0 radical (unpaired) electrons. The van der Waals surface area contributed by atoms with Crippen molar-refractivity contribution in [1.82, 2.24) is 10.3 Å². The van der Waals surface area contributed by atoms with Crippen LogP contribution < -0.4 is 11.1 Å². The number of nitrogens with zero attached hydrogens (tertiary/aromatic N) is 1. The second-order valence-corrected chi connectivity index (χ2v) is 7.13. The van der Waals surface area contributed by atoms with Gasteiger partial charge in [0.2, 0.25) is 11.8 Å². The van der Waals surface area contributed by atoms with Gasteiger partial charge in [0, 0.05) is 17.1 Å². The van der Waals surface area contributed by atoms with Gasteiger partial charge in [-0.05, 0) is 50.6 Å². The molecule has 2 aromatic rings. The third kappa shape index (κ3) is 8.18. The number of oxazole rings is 1. The molecule has 0 saturated carbocycles. The van der Waals surface area contributed by atoms with Crippen molar-refractivity contribution in [3.63, 3.8) is 0 Å². The smallest absolute Gasteiger partial charge is 0.232 e. The summed E-state index contributed by atoms with van der Waals surface area (Å²) < 4.78 is 5.73. The van der Waals surface area contributed by atoms with Gasteiger partial charge in [-0.2, -0.15) is 0 Å². The second-order valence-electron chi connectivity index (χ2n) is 5.37. The zero-order chi connectivity index (χ0) is 17.4. The Hall–Kier alpha value is -0.920. The maximum absolute atomic E-state index is 12.0. The van der Waals surface area contributed by atoms with Crippen molar-refractivity contribution in [2.75, 3.05) is 13.1 Å². The van der Waals surface area contributed by atoms with E-state index in [4.69, 9.17) is 21.8 Å². The van der Waals surface area contributed by atoms with Crippen LogP contribution in [0.2, 0.25) is 5.02 Å². The van der Waals surface area contributed by atoms with Gasteiger partial charge >= 0.3 is 0 Å². The number of hydrogen-bond acceptors (Lipinski definition) is 5. The summed E-state index contributed by atoms with van der Waals surface area (Å²) >= 11 is 7.38. The largest absolute Gasteiger partial charge is 0.440 e. The number of aromatic nitrogens is 1. The predicted octanol–water partition coefficient (Wildman–Crippen LogP) is 4.32. The van der Waals surface area contributed by atoms with Crippen molar-refractivity contribution in [3.05, 3.63) is 41.4 Å². The van der Waals surface area contributed by atoms with Crippen LogP contribution in [0.1, 0.15) is 25.7 Å². The van der Waals surface area contributed by atoms with Gasteiger partial charge in [-0.3, -0.25) is 4.79 Å². The van der Waals surface area contributed by atoms with Crippen LogP contribution >= 0.6 is 48.2 Å². The van der Waals surface area contributed by atoms with E-state index >= 15 is 0 Å². The lowest BCUT2D eigenvalue weighted by Gasteiger charge is -2.10. The highest BCUT2D eigenvalue weighted by Crippen LogP contribution is 2.25. The number of hydrogen-bond donors (Lipinski definition) is 2. The van der Waals surface area contributed by atoms with Crippen molar-refractivity contribution in [3.8, 4) is 11.3 Å². The standard InChI is InChI=1S/C17H22ClN3O2S.2ClH/c1-12(17(22)20-9-3-2-8-19)24-11-16-21-10-15(23-16)13-4-6-14(18)7-5-13;;/h4-7,10,12H,2-3,8-9,11,19H2,1H3,(H,20,22);2*1H. The van der Waals surface area contributed by atoms with Crippen LogP contribution in [0.5, 0.6) is 0 Å². The van der Waals surface area contributed by atoms with Crippen molar-refractivity contribution in [1.29, 1.82) is 0 Å². The van der Waals surface area contributed by atoms with Crippen LogP contribution in [-0.4, -0.2) is 29.2 Å². The molecule has 9 heteroatoms. The summed E-state index contributed by atoms with van der Waals surface area (Å²) in [5, 5.41) is 3.43. The molecule has 0 aliphatic carbocycles. The SMILES string of the molecule is CC(SCc1ncc(-c2ccc(Cl)cc2)o1)C(=O)NCCCCN.Cl.Cl. The second kappa shape index (κ2) is 13.3. The quantitative estimate of drug-likeness (QED) is 0.568. The molecule has 1 atom stereocenters. The van der Waals surface area contributed by atoms with Gasteiger partial charge in [0.25, 0.3) is 0 Å². The van der Waals surface area contributed by atoms with Crippen molar-refractivity contribution < 1.29 is 9.21 Å². The van der Waals surface area contributed by atoms with Crippen molar-refractivity contribution in [2.45, 2.75) is 30.8 Å². The number of nitrogens with one attached hydrogen (secondary N) is 1. The first-order valence-electron chi connectivity index (χ1n) is 7.90. The highest BCUT2D eigenvalue weighted by molar-refractivity contribution is 7.99. The molecule has 5 nitrogen and oxygen atoms in total. The van der Waals surface area contributed by atoms with E-state index in [-0.39, 0.29) is 36.0 Å². The van der Waals surface area contributed by atoms with E-state index in [9.17, 15) is 4.79 Å². The number of amides is 1. The number of unbranched alkanes of at least 4 members (excludes halogenated alkanes) is 1. The van der Waals surface area contributed by atoms with Crippen molar-refractivity contribution in [2.24, 2.45) is 5.73 Å². The maximum Gasteiger partial charge on any atom is 0.232 e. The minimum atomic E-state index is -0.159. The Morgan fingerprint density at radius 3 is 2.65 bits per heavy atom. The van der Waals surface area contributed by atoms with E-state index in [0.717, 1.165) is 18.4 Å². The summed E-state index contributed by atoms with van der Waals surface area (Å²) in [6.07, 6.45) is 3.52. The summed E-state index contributed by atoms with van der Waals surface area (Å²) in [6.45, 7) is 3.20. The number of carbonyl (C=O) groups excluding carboxylic acids is 1. The van der Waals surface area contributed by atoms with Gasteiger partial charge in [0.15, 0.2) is 5.76 Å². The molecule has 2 rings (SSSR count). The third-order valence-corrected chi connectivity index (χ3v) is 4.82. The Morgan fingerprint density at radius 1 is 1.31 bits per heavy atom. The highest BCUT2D eigenvalue weighted by Gasteiger charge is 2.15. The molecule has 1 amide bonds. The zero-order valence-electron chi connectivity index (χ0n) is 14.4. The minimum absolute atomic E-state index is 0. The topological polar surface area (TPSA) is 81.2 Å². The Labute approximate surface area is 175 Å². The lowest BCUT2D eigenvalue weighted by atomic mass is 10.2. The molecule has 3 N–H and O–H groups in total. The van der Waals surface area contributed by atoms with Crippen LogP contribution in [0.15, 0.2) is 34.9 Å². The molecule has 0 aliphatic heterocycles. The molecular formula is C17H24Cl3N3O2S. The normalized spacial score (nSPS) is 11.2. The number of benzene rings is 1. The average Bonchev–Trinajstić information content (AvgIpc) is 3.06. The van der Waals surface area contributed by atoms with E-state index < -0.39 is 0 Å². The number of rotatable bonds is 9. The van der Waals surface area contributed by atoms with E-state index in [2.05, 4.69) is 10.3 Å². The molecule has 146 valence electrons. The number of halogens is 3. The molecule has 0 bridgehead atoms. The zero-order valence-corrected chi connectivity index (χ0v) is 17.6. The fourth-order valence-electron chi connectivity index (χ4n) is 2.02. The van der Waals surface area contributed by atoms with Crippen molar-refractivity contribution >= 4 is 54.1 Å². The van der Waals surface area contributed by atoms with Crippen LogP contribution in [0.3, 0.4) is 0 Å². The number of carbonyl (C=O) groups is 1. The average molecular weight is 441 g/mol. The summed E-state index contributed by atoms with van der Waals surface area (Å²) in [6, 6.07) is 7.39. The molecule has 1 aromatic carbocycles. The summed E-state index contributed by atoms with van der Waals surface area (Å²) in [4.78, 5) is 16.2. The Morgan fingerprint density at radius 2 is 2.00 bits per heavy atom. The molecule has 1 unspecified atom stereocenters. The number of thioether (sulfide) groups is 1. The van der Waals surface area contributed by atoms with E-state index in [0.29, 0.717) is 35.5 Å². The first-order valence-corrected chi connectivity index (χ1v) is 9.33. The van der Waals surface area contributed by atoms with E-state index in [1.54, 1.807) is 6.20 Å². The molecule has 0 fully saturated rings. The van der Waals surface area contributed by atoms with E-state index in [1.165, 1.54) is 11.8 Å². The third-order valence-electron chi connectivity index (χ3n) is 3.44. The van der Waals surface area contributed by atoms with Gasteiger partial charge in [-0.15, -0.1) is 36.6 Å². The molecule has 1 heterocycles. The van der Waals surface area contributed by atoms with Crippen LogP contribution in [0, 0.1) is 0 Å². The monoisotopic (exact) mass is 439 g/mol. The van der Waals surface area contributed by atoms with Crippen LogP contribution in [-0.2, 0) is 10.5 Å². The first kappa shape index (κ1) is 25.1. The van der Waals surface area contributed by atoms with Gasteiger partial charge in [0.1, 0.15) is 0 Å². The predicted molar refractivity (Wildman–Crippen MR) is 114 cm³/mol. The van der Waals surface area contributed by atoms with Gasteiger partial charge in [-0.25, -0.2) is 4.98 Å². The number of nitrogens with two attached hydrogens (primary N) is 1.